The number of rotatable bonds is 11. The van der Waals surface area contributed by atoms with Crippen molar-refractivity contribution < 1.29 is 19.1 Å². The zero-order valence-electron chi connectivity index (χ0n) is 16.8. The molecule has 0 saturated carbocycles. The molecule has 1 amide bonds. The third kappa shape index (κ3) is 8.67. The van der Waals surface area contributed by atoms with Crippen LogP contribution in [0.15, 0.2) is 10.6 Å². The molecule has 0 spiro atoms. The number of nitrogens with zero attached hydrogens (tertiary/aromatic N) is 1. The molecule has 1 heterocycles. The number of aromatic nitrogens is 1. The highest BCUT2D eigenvalue weighted by molar-refractivity contribution is 5.68. The lowest BCUT2D eigenvalue weighted by atomic mass is 9.99. The molecule has 0 radical (unpaired) electrons. The Kier molecular flexibility index (Phi) is 9.65. The van der Waals surface area contributed by atoms with Gasteiger partial charge in [-0.1, -0.05) is 20.3 Å². The molecule has 3 N–H and O–H groups in total. The molecule has 1 aromatic rings. The standard InChI is InChI=1S/C19H35N3O4/c1-6-14(2)16(22-18(24)26-19(3,4)5)17-21-13-15(25-17)12-20-10-8-7-9-11-23/h13-14,16,20,23H,6-12H2,1-5H3,(H,22,24)/t14-,16-/m0/s1. The van der Waals surface area contributed by atoms with Gasteiger partial charge in [0, 0.05) is 6.61 Å². The lowest BCUT2D eigenvalue weighted by molar-refractivity contribution is 0.0474. The molecule has 0 aromatic carbocycles. The zero-order valence-corrected chi connectivity index (χ0v) is 16.8. The van der Waals surface area contributed by atoms with Gasteiger partial charge in [-0.2, -0.15) is 0 Å². The van der Waals surface area contributed by atoms with Gasteiger partial charge in [-0.3, -0.25) is 0 Å². The van der Waals surface area contributed by atoms with Gasteiger partial charge >= 0.3 is 6.09 Å². The lowest BCUT2D eigenvalue weighted by Crippen LogP contribution is -2.37. The third-order valence-corrected chi connectivity index (χ3v) is 4.03. The van der Waals surface area contributed by atoms with Gasteiger partial charge in [0.25, 0.3) is 0 Å². The molecule has 26 heavy (non-hydrogen) atoms. The van der Waals surface area contributed by atoms with Gasteiger partial charge in [0.1, 0.15) is 17.4 Å². The Morgan fingerprint density at radius 3 is 2.69 bits per heavy atom. The molecule has 1 aromatic heterocycles. The van der Waals surface area contributed by atoms with Crippen molar-refractivity contribution >= 4 is 6.09 Å². The Labute approximate surface area is 156 Å². The maximum Gasteiger partial charge on any atom is 0.408 e. The second kappa shape index (κ2) is 11.2. The van der Waals surface area contributed by atoms with Crippen molar-refractivity contribution in [2.45, 2.75) is 78.5 Å². The molecule has 0 unspecified atom stereocenters. The molecule has 0 aliphatic heterocycles. The first-order chi connectivity index (χ1) is 12.3. The smallest absolute Gasteiger partial charge is 0.408 e. The van der Waals surface area contributed by atoms with Gasteiger partial charge in [-0.25, -0.2) is 9.78 Å². The van der Waals surface area contributed by atoms with Crippen LogP contribution in [0.3, 0.4) is 0 Å². The second-order valence-corrected chi connectivity index (χ2v) is 7.64. The van der Waals surface area contributed by atoms with Crippen LogP contribution in [0.1, 0.15) is 78.0 Å². The van der Waals surface area contributed by atoms with Crippen LogP contribution in [0.25, 0.3) is 0 Å². The maximum absolute atomic E-state index is 12.1. The van der Waals surface area contributed by atoms with E-state index in [4.69, 9.17) is 14.3 Å². The van der Waals surface area contributed by atoms with Crippen LogP contribution in [0.4, 0.5) is 4.79 Å². The first-order valence-corrected chi connectivity index (χ1v) is 9.52. The highest BCUT2D eigenvalue weighted by Gasteiger charge is 2.27. The van der Waals surface area contributed by atoms with Crippen molar-refractivity contribution in [2.75, 3.05) is 13.2 Å². The molecule has 0 saturated heterocycles. The van der Waals surface area contributed by atoms with Gasteiger partial charge in [-0.15, -0.1) is 0 Å². The SMILES string of the molecule is CC[C@H](C)[C@H](NC(=O)OC(C)(C)C)c1ncc(CNCCCCCO)o1. The molecule has 0 aliphatic rings. The first-order valence-electron chi connectivity index (χ1n) is 9.52. The predicted molar refractivity (Wildman–Crippen MR) is 101 cm³/mol. The number of carbonyl (C=O) groups excluding carboxylic acids is 1. The van der Waals surface area contributed by atoms with E-state index >= 15 is 0 Å². The van der Waals surface area contributed by atoms with Gasteiger partial charge < -0.3 is 24.9 Å². The van der Waals surface area contributed by atoms with E-state index in [1.807, 2.05) is 27.7 Å². The third-order valence-electron chi connectivity index (χ3n) is 4.03. The van der Waals surface area contributed by atoms with Crippen LogP contribution < -0.4 is 10.6 Å². The molecule has 150 valence electrons. The predicted octanol–water partition coefficient (Wildman–Crippen LogP) is 3.54. The van der Waals surface area contributed by atoms with Crippen LogP contribution in [0, 0.1) is 5.92 Å². The average Bonchev–Trinajstić information content (AvgIpc) is 3.02. The van der Waals surface area contributed by atoms with Crippen molar-refractivity contribution in [2.24, 2.45) is 5.92 Å². The van der Waals surface area contributed by atoms with Gasteiger partial charge in [0.05, 0.1) is 12.7 Å². The van der Waals surface area contributed by atoms with Crippen LogP contribution in [0.2, 0.25) is 0 Å². The summed E-state index contributed by atoms with van der Waals surface area (Å²) < 4.78 is 11.2. The van der Waals surface area contributed by atoms with Crippen molar-refractivity contribution in [3.05, 3.63) is 17.8 Å². The summed E-state index contributed by atoms with van der Waals surface area (Å²) in [6.07, 6.45) is 4.95. The topological polar surface area (TPSA) is 96.6 Å². The number of hydrogen-bond acceptors (Lipinski definition) is 6. The second-order valence-electron chi connectivity index (χ2n) is 7.64. The summed E-state index contributed by atoms with van der Waals surface area (Å²) in [5, 5.41) is 14.9. The van der Waals surface area contributed by atoms with Gasteiger partial charge in [0.15, 0.2) is 0 Å². The summed E-state index contributed by atoms with van der Waals surface area (Å²) in [5.74, 6) is 1.41. The summed E-state index contributed by atoms with van der Waals surface area (Å²) >= 11 is 0. The first kappa shape index (κ1) is 22.4. The van der Waals surface area contributed by atoms with Gasteiger partial charge in [-0.05, 0) is 52.5 Å². The number of hydrogen-bond donors (Lipinski definition) is 3. The normalized spacial score (nSPS) is 14.1. The Hall–Kier alpha value is -1.60. The number of unbranched alkanes of at least 4 members (excludes halogenated alkanes) is 2. The number of amides is 1. The van der Waals surface area contributed by atoms with Crippen molar-refractivity contribution in [3.8, 4) is 0 Å². The van der Waals surface area contributed by atoms with E-state index in [2.05, 4.69) is 22.5 Å². The van der Waals surface area contributed by atoms with E-state index in [1.54, 1.807) is 6.20 Å². The van der Waals surface area contributed by atoms with E-state index in [0.717, 1.165) is 38.0 Å². The summed E-state index contributed by atoms with van der Waals surface area (Å²) in [6.45, 7) is 11.3. The number of carbonyl (C=O) groups is 1. The number of alkyl carbamates (subject to hydrolysis) is 1. The zero-order chi connectivity index (χ0) is 19.6. The Bertz CT molecular complexity index is 525. The van der Waals surface area contributed by atoms with Crippen molar-refractivity contribution in [1.82, 2.24) is 15.6 Å². The molecular weight excluding hydrogens is 334 g/mol. The highest BCUT2D eigenvalue weighted by Crippen LogP contribution is 2.25. The Morgan fingerprint density at radius 2 is 2.08 bits per heavy atom. The monoisotopic (exact) mass is 369 g/mol. The number of oxazole rings is 1. The maximum atomic E-state index is 12.1. The molecular formula is C19H35N3O4. The summed E-state index contributed by atoms with van der Waals surface area (Å²) in [6, 6.07) is -0.326. The molecule has 0 aliphatic carbocycles. The van der Waals surface area contributed by atoms with Crippen molar-refractivity contribution in [3.63, 3.8) is 0 Å². The number of ether oxygens (including phenoxy) is 1. The Morgan fingerprint density at radius 1 is 1.35 bits per heavy atom. The fraction of sp³-hybridized carbons (Fsp3) is 0.789. The number of aliphatic hydroxyl groups is 1. The summed E-state index contributed by atoms with van der Waals surface area (Å²) in [5.41, 5.74) is -0.550. The van der Waals surface area contributed by atoms with E-state index < -0.39 is 11.7 Å². The molecule has 7 heteroatoms. The minimum absolute atomic E-state index is 0.167. The van der Waals surface area contributed by atoms with E-state index in [-0.39, 0.29) is 18.6 Å². The van der Waals surface area contributed by atoms with E-state index in [9.17, 15) is 4.79 Å². The molecule has 1 rings (SSSR count). The summed E-state index contributed by atoms with van der Waals surface area (Å²) in [4.78, 5) is 16.5. The van der Waals surface area contributed by atoms with Crippen LogP contribution >= 0.6 is 0 Å². The fourth-order valence-corrected chi connectivity index (χ4v) is 2.42. The van der Waals surface area contributed by atoms with Crippen molar-refractivity contribution in [1.29, 1.82) is 0 Å². The Balaban J connectivity index is 2.60. The van der Waals surface area contributed by atoms with Crippen LogP contribution in [0.5, 0.6) is 0 Å². The minimum atomic E-state index is -0.550. The number of nitrogens with one attached hydrogen (secondary N) is 2. The highest BCUT2D eigenvalue weighted by atomic mass is 16.6. The number of aliphatic hydroxyl groups excluding tert-OH is 1. The quantitative estimate of drug-likeness (QED) is 0.516. The molecule has 7 nitrogen and oxygen atoms in total. The van der Waals surface area contributed by atoms with E-state index in [0.29, 0.717) is 12.4 Å². The fourth-order valence-electron chi connectivity index (χ4n) is 2.42. The molecule has 0 fully saturated rings. The minimum Gasteiger partial charge on any atom is -0.444 e. The largest absolute Gasteiger partial charge is 0.444 e. The van der Waals surface area contributed by atoms with Gasteiger partial charge in [0.2, 0.25) is 5.89 Å². The van der Waals surface area contributed by atoms with Crippen LogP contribution in [-0.2, 0) is 11.3 Å². The van der Waals surface area contributed by atoms with E-state index in [1.165, 1.54) is 0 Å². The summed E-state index contributed by atoms with van der Waals surface area (Å²) in [7, 11) is 0. The lowest BCUT2D eigenvalue weighted by Gasteiger charge is -2.25. The van der Waals surface area contributed by atoms with Crippen LogP contribution in [-0.4, -0.2) is 34.9 Å². The molecule has 0 bridgehead atoms. The molecule has 2 atom stereocenters. The average molecular weight is 370 g/mol.